The third-order valence-corrected chi connectivity index (χ3v) is 7.92. The van der Waals surface area contributed by atoms with Crippen LogP contribution in [0.4, 0.5) is 9.18 Å². The van der Waals surface area contributed by atoms with Gasteiger partial charge in [0, 0.05) is 6.54 Å². The van der Waals surface area contributed by atoms with Gasteiger partial charge < -0.3 is 9.64 Å². The molecule has 2 aliphatic carbocycles. The van der Waals surface area contributed by atoms with Crippen molar-refractivity contribution in [3.8, 4) is 5.75 Å². The van der Waals surface area contributed by atoms with E-state index in [1.165, 1.54) is 23.8 Å². The highest BCUT2D eigenvalue weighted by atomic mass is 32.2. The quantitative estimate of drug-likeness (QED) is 0.375. The molecule has 10 heteroatoms. The van der Waals surface area contributed by atoms with Crippen LogP contribution in [-0.2, 0) is 20.4 Å². The topological polar surface area (TPSA) is 105 Å². The Kier molecular flexibility index (Phi) is 7.04. The highest BCUT2D eigenvalue weighted by molar-refractivity contribution is 7.89. The Hall–Kier alpha value is -2.46. The van der Waals surface area contributed by atoms with Crippen LogP contribution in [0.5, 0.6) is 5.75 Å². The van der Waals surface area contributed by atoms with Gasteiger partial charge in [-0.2, -0.15) is 0 Å². The van der Waals surface area contributed by atoms with E-state index in [2.05, 4.69) is 10.0 Å². The number of benzene rings is 1. The normalized spacial score (nSPS) is 20.6. The van der Waals surface area contributed by atoms with E-state index in [4.69, 9.17) is 4.74 Å². The predicted octanol–water partition coefficient (Wildman–Crippen LogP) is 2.80. The maximum Gasteiger partial charge on any atom is 0.324 e. The molecule has 1 aromatic rings. The van der Waals surface area contributed by atoms with Crippen LogP contribution in [0.3, 0.4) is 0 Å². The Morgan fingerprint density at radius 3 is 2.64 bits per heavy atom. The third kappa shape index (κ3) is 6.11. The number of urea groups is 1. The van der Waals surface area contributed by atoms with E-state index < -0.39 is 27.4 Å². The fourth-order valence-electron chi connectivity index (χ4n) is 4.39. The smallest absolute Gasteiger partial charge is 0.324 e. The minimum Gasteiger partial charge on any atom is -0.490 e. The van der Waals surface area contributed by atoms with Gasteiger partial charge in [0.25, 0.3) is 0 Å². The molecule has 1 aliphatic heterocycles. The van der Waals surface area contributed by atoms with Gasteiger partial charge in [-0.3, -0.25) is 10.1 Å². The lowest BCUT2D eigenvalue weighted by Crippen LogP contribution is -2.36. The number of imide groups is 1. The Balaban J connectivity index is 1.30. The standard InChI is InChI=1S/C23H30FN3O5S/c24-19-9-8-18(14-20(19)32-16-17-6-2-3-7-17)23(10-11-23)26-33(30,31)13-5-1-4-12-27-15-21(28)25-22(27)29/h1,4,8-9,14,17,26H,2-3,5-7,10-13,15-16H2,(H,25,28,29)/b4-1+. The van der Waals surface area contributed by atoms with E-state index in [-0.39, 0.29) is 36.9 Å². The number of nitrogens with zero attached hydrogens (tertiary/aromatic N) is 1. The molecule has 2 N–H and O–H groups in total. The van der Waals surface area contributed by atoms with Crippen LogP contribution < -0.4 is 14.8 Å². The van der Waals surface area contributed by atoms with Crippen molar-refractivity contribution in [3.05, 3.63) is 41.7 Å². The number of amides is 3. The molecule has 3 fully saturated rings. The van der Waals surface area contributed by atoms with Crippen molar-refractivity contribution in [1.29, 1.82) is 0 Å². The molecule has 33 heavy (non-hydrogen) atoms. The van der Waals surface area contributed by atoms with Gasteiger partial charge in [0.1, 0.15) is 6.54 Å². The number of hydrogen-bond acceptors (Lipinski definition) is 5. The number of rotatable bonds is 11. The predicted molar refractivity (Wildman–Crippen MR) is 121 cm³/mol. The van der Waals surface area contributed by atoms with Crippen molar-refractivity contribution < 1.29 is 27.1 Å². The summed E-state index contributed by atoms with van der Waals surface area (Å²) in [7, 11) is -3.58. The zero-order chi connectivity index (χ0) is 23.5. The van der Waals surface area contributed by atoms with E-state index in [1.807, 2.05) is 0 Å². The van der Waals surface area contributed by atoms with E-state index >= 15 is 0 Å². The number of ether oxygens (including phenoxy) is 1. The summed E-state index contributed by atoms with van der Waals surface area (Å²) in [6.07, 6.45) is 9.49. The molecule has 2 saturated carbocycles. The lowest BCUT2D eigenvalue weighted by molar-refractivity contribution is -0.118. The van der Waals surface area contributed by atoms with Crippen LogP contribution in [0.2, 0.25) is 0 Å². The number of sulfonamides is 1. The highest BCUT2D eigenvalue weighted by Crippen LogP contribution is 2.47. The van der Waals surface area contributed by atoms with E-state index in [1.54, 1.807) is 24.3 Å². The molecule has 1 saturated heterocycles. The summed E-state index contributed by atoms with van der Waals surface area (Å²) in [5, 5.41) is 2.19. The monoisotopic (exact) mass is 479 g/mol. The van der Waals surface area contributed by atoms with Crippen LogP contribution in [0.25, 0.3) is 0 Å². The molecule has 4 rings (SSSR count). The molecule has 1 aromatic carbocycles. The minimum absolute atomic E-state index is 0.00950. The van der Waals surface area contributed by atoms with Gasteiger partial charge in [-0.05, 0) is 55.7 Å². The van der Waals surface area contributed by atoms with Crippen molar-refractivity contribution in [1.82, 2.24) is 14.9 Å². The second kappa shape index (κ2) is 9.80. The van der Waals surface area contributed by atoms with Gasteiger partial charge in [-0.15, -0.1) is 0 Å². The number of nitrogens with one attached hydrogen (secondary N) is 2. The third-order valence-electron chi connectivity index (χ3n) is 6.45. The summed E-state index contributed by atoms with van der Waals surface area (Å²) in [5.41, 5.74) is 0.00423. The first-order valence-corrected chi connectivity index (χ1v) is 13.1. The highest BCUT2D eigenvalue weighted by Gasteiger charge is 2.47. The van der Waals surface area contributed by atoms with Crippen LogP contribution in [0.1, 0.15) is 50.5 Å². The van der Waals surface area contributed by atoms with Crippen LogP contribution in [0, 0.1) is 11.7 Å². The number of halogens is 1. The largest absolute Gasteiger partial charge is 0.490 e. The number of allylic oxidation sites excluding steroid dienone is 1. The van der Waals surface area contributed by atoms with Crippen molar-refractivity contribution in [3.63, 3.8) is 0 Å². The first kappa shape index (κ1) is 23.7. The fraction of sp³-hybridized carbons (Fsp3) is 0.565. The molecule has 0 bridgehead atoms. The number of carbonyl (C=O) groups excluding carboxylic acids is 2. The van der Waals surface area contributed by atoms with Crippen LogP contribution >= 0.6 is 0 Å². The number of hydrogen-bond donors (Lipinski definition) is 2. The molecule has 0 unspecified atom stereocenters. The van der Waals surface area contributed by atoms with Crippen LogP contribution in [-0.4, -0.2) is 50.7 Å². The summed E-state index contributed by atoms with van der Waals surface area (Å²) in [5.74, 6) is -0.258. The van der Waals surface area contributed by atoms with Crippen LogP contribution in [0.15, 0.2) is 30.4 Å². The molecule has 8 nitrogen and oxygen atoms in total. The molecular formula is C23H30FN3O5S. The van der Waals surface area contributed by atoms with Gasteiger partial charge in [0.05, 0.1) is 17.9 Å². The average molecular weight is 480 g/mol. The molecule has 0 radical (unpaired) electrons. The second-order valence-electron chi connectivity index (χ2n) is 9.10. The maximum atomic E-state index is 14.3. The Labute approximate surface area is 193 Å². The van der Waals surface area contributed by atoms with Gasteiger partial charge in [-0.1, -0.05) is 31.1 Å². The van der Waals surface area contributed by atoms with Gasteiger partial charge >= 0.3 is 6.03 Å². The van der Waals surface area contributed by atoms with Crippen molar-refractivity contribution >= 4 is 22.0 Å². The summed E-state index contributed by atoms with van der Waals surface area (Å²) in [6.45, 7) is 0.739. The number of carbonyl (C=O) groups is 2. The molecule has 0 atom stereocenters. The molecule has 3 amide bonds. The Morgan fingerprint density at radius 2 is 1.97 bits per heavy atom. The molecule has 1 heterocycles. The summed E-state index contributed by atoms with van der Waals surface area (Å²) >= 11 is 0. The van der Waals surface area contributed by atoms with Gasteiger partial charge in [-0.25, -0.2) is 22.3 Å². The summed E-state index contributed by atoms with van der Waals surface area (Å²) in [4.78, 5) is 24.0. The molecular weight excluding hydrogens is 449 g/mol. The average Bonchev–Trinajstić information content (AvgIpc) is 3.18. The zero-order valence-electron chi connectivity index (χ0n) is 18.5. The van der Waals surface area contributed by atoms with E-state index in [9.17, 15) is 22.4 Å². The Morgan fingerprint density at radius 1 is 1.21 bits per heavy atom. The lowest BCUT2D eigenvalue weighted by atomic mass is 10.1. The fourth-order valence-corrected chi connectivity index (χ4v) is 5.86. The summed E-state index contributed by atoms with van der Waals surface area (Å²) in [6, 6.07) is 4.15. The van der Waals surface area contributed by atoms with E-state index in [0.29, 0.717) is 30.9 Å². The Bertz CT molecular complexity index is 1030. The first-order valence-electron chi connectivity index (χ1n) is 11.4. The second-order valence-corrected chi connectivity index (χ2v) is 10.9. The first-order chi connectivity index (χ1) is 15.8. The molecule has 0 aromatic heterocycles. The van der Waals surface area contributed by atoms with Crippen molar-refractivity contribution in [2.45, 2.75) is 50.5 Å². The molecule has 3 aliphatic rings. The van der Waals surface area contributed by atoms with Gasteiger partial charge in [0.2, 0.25) is 15.9 Å². The summed E-state index contributed by atoms with van der Waals surface area (Å²) < 4.78 is 48.1. The SMILES string of the molecule is O=C1CN(C/C=C/CCS(=O)(=O)NC2(c3ccc(F)c(OCC4CCCC4)c3)CC2)C(=O)N1. The van der Waals surface area contributed by atoms with Crippen molar-refractivity contribution in [2.24, 2.45) is 5.92 Å². The lowest BCUT2D eigenvalue weighted by Gasteiger charge is -2.20. The van der Waals surface area contributed by atoms with E-state index in [0.717, 1.165) is 12.8 Å². The van der Waals surface area contributed by atoms with Gasteiger partial charge in [0.15, 0.2) is 11.6 Å². The molecule has 0 spiro atoms. The van der Waals surface area contributed by atoms with Crippen molar-refractivity contribution in [2.75, 3.05) is 25.4 Å². The molecule has 180 valence electrons. The zero-order valence-corrected chi connectivity index (χ0v) is 19.3. The minimum atomic E-state index is -3.58. The maximum absolute atomic E-state index is 14.3.